The standard InChI is InChI=1S/C29H33Cl2N5O3/c1-6-24-19(4)29(37)36-28(33-24)27(26(34-36)22-10-8-20(30)17-23(22)31)32-25-11-9-21(16-18(25)3)35(7-2)12-13-39-15-14-38-5/h8-11,16-17H,6-7,12-15H2,1-5H3. The zero-order valence-electron chi connectivity index (χ0n) is 22.9. The number of aryl methyl sites for hydroxylation is 2. The van der Waals surface area contributed by atoms with E-state index in [0.29, 0.717) is 64.7 Å². The summed E-state index contributed by atoms with van der Waals surface area (Å²) in [7, 11) is 1.66. The number of hydrogen-bond acceptors (Lipinski definition) is 7. The van der Waals surface area contributed by atoms with Crippen molar-refractivity contribution < 1.29 is 9.47 Å². The quantitative estimate of drug-likeness (QED) is 0.280. The topological polar surface area (TPSA) is 81.3 Å². The maximum absolute atomic E-state index is 13.2. The molecule has 2 heterocycles. The third-order valence-electron chi connectivity index (χ3n) is 6.64. The van der Waals surface area contributed by atoms with Crippen LogP contribution < -0.4 is 10.5 Å². The van der Waals surface area contributed by atoms with E-state index in [2.05, 4.69) is 23.0 Å². The van der Waals surface area contributed by atoms with E-state index in [1.54, 1.807) is 32.2 Å². The Morgan fingerprint density at radius 1 is 1.05 bits per heavy atom. The Morgan fingerprint density at radius 3 is 2.51 bits per heavy atom. The smallest absolute Gasteiger partial charge is 0.277 e. The van der Waals surface area contributed by atoms with Gasteiger partial charge in [0, 0.05) is 42.0 Å². The highest BCUT2D eigenvalue weighted by Crippen LogP contribution is 2.29. The number of anilines is 1. The highest BCUT2D eigenvalue weighted by atomic mass is 35.5. The minimum Gasteiger partial charge on any atom is -0.382 e. The average molecular weight is 571 g/mol. The van der Waals surface area contributed by atoms with Crippen molar-refractivity contribution in [1.82, 2.24) is 9.66 Å². The van der Waals surface area contributed by atoms with Crippen molar-refractivity contribution in [2.45, 2.75) is 34.1 Å². The number of ether oxygens (including phenoxy) is 2. The summed E-state index contributed by atoms with van der Waals surface area (Å²) in [6.45, 7) is 11.2. The van der Waals surface area contributed by atoms with Gasteiger partial charge >= 0.3 is 0 Å². The Kier molecular flexibility index (Phi) is 9.56. The first-order chi connectivity index (χ1) is 18.8. The fourth-order valence-corrected chi connectivity index (χ4v) is 4.92. The number of aromatic nitrogens is 2. The fourth-order valence-electron chi connectivity index (χ4n) is 4.42. The molecule has 0 N–H and O–H groups in total. The zero-order valence-corrected chi connectivity index (χ0v) is 24.4. The molecule has 0 atom stereocenters. The van der Waals surface area contributed by atoms with Crippen LogP contribution >= 0.6 is 23.2 Å². The molecule has 10 heteroatoms. The molecule has 1 aromatic heterocycles. The van der Waals surface area contributed by atoms with Crippen molar-refractivity contribution in [3.63, 3.8) is 0 Å². The van der Waals surface area contributed by atoms with Crippen molar-refractivity contribution in [2.75, 3.05) is 44.9 Å². The van der Waals surface area contributed by atoms with Gasteiger partial charge < -0.3 is 14.4 Å². The lowest BCUT2D eigenvalue weighted by Gasteiger charge is -2.23. The zero-order chi connectivity index (χ0) is 28.1. The lowest BCUT2D eigenvalue weighted by Crippen LogP contribution is -2.27. The number of nitrogens with zero attached hydrogens (tertiary/aromatic N) is 5. The van der Waals surface area contributed by atoms with Gasteiger partial charge in [0.1, 0.15) is 11.4 Å². The van der Waals surface area contributed by atoms with Gasteiger partial charge in [0.05, 0.1) is 36.2 Å². The number of aliphatic imine (C=N–C) groups is 1. The van der Waals surface area contributed by atoms with Crippen LogP contribution in [0.5, 0.6) is 0 Å². The summed E-state index contributed by atoms with van der Waals surface area (Å²) >= 11 is 12.7. The Balaban J connectivity index is 1.75. The van der Waals surface area contributed by atoms with Crippen LogP contribution in [-0.4, -0.2) is 61.1 Å². The van der Waals surface area contributed by atoms with Crippen LogP contribution in [0.4, 0.5) is 11.4 Å². The highest BCUT2D eigenvalue weighted by molar-refractivity contribution is 6.56. The number of likely N-dealkylation sites (N-methyl/N-ethyl adjacent to an activating group) is 1. The number of benzene rings is 2. The normalized spacial score (nSPS) is 13.6. The third kappa shape index (κ3) is 6.25. The Bertz CT molecular complexity index is 1480. The second-order valence-electron chi connectivity index (χ2n) is 9.17. The van der Waals surface area contributed by atoms with Crippen molar-refractivity contribution in [3.8, 4) is 0 Å². The summed E-state index contributed by atoms with van der Waals surface area (Å²) in [5, 5.41) is 5.56. The van der Waals surface area contributed by atoms with E-state index in [1.807, 2.05) is 26.0 Å². The molecule has 0 fully saturated rings. The molecular weight excluding hydrogens is 537 g/mol. The van der Waals surface area contributed by atoms with Crippen LogP contribution in [0.25, 0.3) is 0 Å². The van der Waals surface area contributed by atoms with Crippen molar-refractivity contribution in [3.05, 3.63) is 85.0 Å². The molecule has 0 amide bonds. The monoisotopic (exact) mass is 569 g/mol. The first-order valence-electron chi connectivity index (χ1n) is 13.0. The largest absolute Gasteiger partial charge is 0.382 e. The maximum Gasteiger partial charge on any atom is 0.277 e. The number of methoxy groups -OCH3 is 1. The van der Waals surface area contributed by atoms with E-state index in [1.165, 1.54) is 4.68 Å². The third-order valence-corrected chi connectivity index (χ3v) is 7.19. The molecule has 0 bridgehead atoms. The first-order valence-corrected chi connectivity index (χ1v) is 13.7. The van der Waals surface area contributed by atoms with Crippen molar-refractivity contribution >= 4 is 46.0 Å². The predicted molar refractivity (Wildman–Crippen MR) is 159 cm³/mol. The summed E-state index contributed by atoms with van der Waals surface area (Å²) in [6.07, 6.45) is 0.620. The molecule has 206 valence electrons. The minimum absolute atomic E-state index is 0.219. The molecule has 8 nitrogen and oxygen atoms in total. The van der Waals surface area contributed by atoms with Crippen molar-refractivity contribution in [1.29, 1.82) is 0 Å². The summed E-state index contributed by atoms with van der Waals surface area (Å²) in [5.41, 5.74) is 5.46. The van der Waals surface area contributed by atoms with Crippen molar-refractivity contribution in [2.24, 2.45) is 10.1 Å². The lowest BCUT2D eigenvalue weighted by molar-refractivity contribution is 0.0741. The second-order valence-corrected chi connectivity index (χ2v) is 10.0. The SMILES string of the molecule is CCc1nc2n(c(=O)c1C)N=C(c1ccc(Cl)cc1Cl)C2=Nc1ccc(N(CC)CCOCCOC)cc1C. The van der Waals surface area contributed by atoms with E-state index >= 15 is 0 Å². The molecule has 1 aliphatic rings. The Hall–Kier alpha value is -3.04. The van der Waals surface area contributed by atoms with E-state index in [0.717, 1.165) is 35.7 Å². The van der Waals surface area contributed by atoms with Crippen LogP contribution in [0, 0.1) is 13.8 Å². The van der Waals surface area contributed by atoms with Gasteiger partial charge in [-0.25, -0.2) is 9.98 Å². The Morgan fingerprint density at radius 2 is 1.85 bits per heavy atom. The van der Waals surface area contributed by atoms with E-state index in [4.69, 9.17) is 42.7 Å². The molecule has 0 radical (unpaired) electrons. The summed E-state index contributed by atoms with van der Waals surface area (Å²) in [5.74, 6) is 0.398. The molecular formula is C29H33Cl2N5O3. The molecule has 39 heavy (non-hydrogen) atoms. The van der Waals surface area contributed by atoms with Gasteiger partial charge in [-0.05, 0) is 69.2 Å². The number of rotatable bonds is 11. The molecule has 0 aliphatic carbocycles. The highest BCUT2D eigenvalue weighted by Gasteiger charge is 2.30. The molecule has 1 aliphatic heterocycles. The maximum atomic E-state index is 13.2. The van der Waals surface area contributed by atoms with Crippen LogP contribution in [0.3, 0.4) is 0 Å². The van der Waals surface area contributed by atoms with Gasteiger partial charge in [0.15, 0.2) is 5.82 Å². The van der Waals surface area contributed by atoms with Gasteiger partial charge in [-0.3, -0.25) is 4.79 Å². The van der Waals surface area contributed by atoms with Gasteiger partial charge in [-0.15, -0.1) is 0 Å². The van der Waals surface area contributed by atoms with Crippen LogP contribution in [0.1, 0.15) is 42.1 Å². The first kappa shape index (κ1) is 29.0. The molecule has 2 aromatic carbocycles. The number of hydrogen-bond donors (Lipinski definition) is 0. The Labute approximate surface area is 238 Å². The lowest BCUT2D eigenvalue weighted by atomic mass is 10.0. The van der Waals surface area contributed by atoms with E-state index in [-0.39, 0.29) is 5.56 Å². The van der Waals surface area contributed by atoms with Crippen LogP contribution in [0.2, 0.25) is 10.0 Å². The van der Waals surface area contributed by atoms with E-state index < -0.39 is 0 Å². The average Bonchev–Trinajstić information content (AvgIpc) is 3.27. The van der Waals surface area contributed by atoms with Gasteiger partial charge in [0.25, 0.3) is 5.56 Å². The summed E-state index contributed by atoms with van der Waals surface area (Å²) in [4.78, 5) is 25.2. The number of fused-ring (bicyclic) bond motifs is 1. The summed E-state index contributed by atoms with van der Waals surface area (Å²) in [6, 6.07) is 11.3. The number of halogens is 2. The van der Waals surface area contributed by atoms with Gasteiger partial charge in [-0.1, -0.05) is 30.1 Å². The fraction of sp³-hybridized carbons (Fsp3) is 0.379. The molecule has 4 rings (SSSR count). The summed E-state index contributed by atoms with van der Waals surface area (Å²) < 4.78 is 12.0. The van der Waals surface area contributed by atoms with E-state index in [9.17, 15) is 4.79 Å². The minimum atomic E-state index is -0.219. The molecule has 3 aromatic rings. The van der Waals surface area contributed by atoms with Gasteiger partial charge in [-0.2, -0.15) is 9.78 Å². The molecule has 0 saturated heterocycles. The predicted octanol–water partition coefficient (Wildman–Crippen LogP) is 5.61. The van der Waals surface area contributed by atoms with Crippen LogP contribution in [0.15, 0.2) is 51.3 Å². The molecule has 0 saturated carbocycles. The van der Waals surface area contributed by atoms with Gasteiger partial charge in [0.2, 0.25) is 0 Å². The molecule has 0 spiro atoms. The second kappa shape index (κ2) is 12.9. The van der Waals surface area contributed by atoms with Crippen LogP contribution in [-0.2, 0) is 15.9 Å². The molecule has 0 unspecified atom stereocenters.